The fraction of sp³-hybridized carbons (Fsp3) is 0.600. The number of hydrogen-bond acceptors (Lipinski definition) is 6. The Kier molecular flexibility index (Phi) is 6.55. The van der Waals surface area contributed by atoms with Crippen molar-refractivity contribution in [2.24, 2.45) is 7.05 Å². The lowest BCUT2D eigenvalue weighted by Crippen LogP contribution is -2.43. The molecular weight excluding hydrogens is 434 g/mol. The van der Waals surface area contributed by atoms with Crippen molar-refractivity contribution in [3.05, 3.63) is 23.9 Å². The number of nitrogens with zero attached hydrogens (tertiary/aromatic N) is 3. The predicted octanol–water partition coefficient (Wildman–Crippen LogP) is 3.68. The van der Waals surface area contributed by atoms with E-state index in [0.29, 0.717) is 18.9 Å². The lowest BCUT2D eigenvalue weighted by atomic mass is 9.90. The van der Waals surface area contributed by atoms with Crippen molar-refractivity contribution in [2.75, 3.05) is 12.4 Å². The van der Waals surface area contributed by atoms with Gasteiger partial charge in [-0.2, -0.15) is 5.10 Å². The molecule has 2 N–H and O–H groups in total. The van der Waals surface area contributed by atoms with Crippen LogP contribution in [-0.2, 0) is 21.4 Å². The molecule has 0 spiro atoms. The second-order valence-electron chi connectivity index (χ2n) is 10.5. The third-order valence-corrected chi connectivity index (χ3v) is 6.75. The van der Waals surface area contributed by atoms with Crippen LogP contribution in [0.25, 0.3) is 10.9 Å². The second kappa shape index (κ2) is 9.27. The van der Waals surface area contributed by atoms with Crippen molar-refractivity contribution < 1.29 is 19.1 Å². The first-order valence-electron chi connectivity index (χ1n) is 12.0. The predicted molar refractivity (Wildman–Crippen MR) is 130 cm³/mol. The SMILES string of the molecule is Cn1nc(C2CCC(=O)NC2=O)c2ccc(N[C@H]3CC[C@@H](N(C)C(=O)OC(C)(C)C)CC3)cc21. The van der Waals surface area contributed by atoms with Gasteiger partial charge in [-0.1, -0.05) is 0 Å². The van der Waals surface area contributed by atoms with E-state index in [2.05, 4.69) is 21.8 Å². The molecule has 1 aliphatic heterocycles. The highest BCUT2D eigenvalue weighted by atomic mass is 16.6. The maximum absolute atomic E-state index is 12.4. The highest BCUT2D eigenvalue weighted by molar-refractivity contribution is 6.02. The number of ether oxygens (including phenoxy) is 1. The monoisotopic (exact) mass is 469 g/mol. The van der Waals surface area contributed by atoms with Crippen LogP contribution in [0.15, 0.2) is 18.2 Å². The molecule has 0 bridgehead atoms. The van der Waals surface area contributed by atoms with Gasteiger partial charge in [0.15, 0.2) is 0 Å². The molecule has 3 amide bonds. The normalized spacial score (nSPS) is 23.5. The average molecular weight is 470 g/mol. The first kappa shape index (κ1) is 24.0. The molecule has 1 aromatic heterocycles. The van der Waals surface area contributed by atoms with E-state index >= 15 is 0 Å². The number of benzene rings is 1. The molecule has 1 aromatic carbocycles. The Morgan fingerprint density at radius 1 is 1.18 bits per heavy atom. The molecule has 1 saturated heterocycles. The number of fused-ring (bicyclic) bond motifs is 1. The van der Waals surface area contributed by atoms with Gasteiger partial charge in [0, 0.05) is 43.7 Å². The number of nitrogens with one attached hydrogen (secondary N) is 2. The zero-order valence-electron chi connectivity index (χ0n) is 20.7. The Morgan fingerprint density at radius 3 is 2.53 bits per heavy atom. The highest BCUT2D eigenvalue weighted by Crippen LogP contribution is 2.32. The van der Waals surface area contributed by atoms with Crippen LogP contribution in [0.3, 0.4) is 0 Å². The number of carbonyl (C=O) groups excluding carboxylic acids is 3. The molecule has 2 heterocycles. The molecular formula is C25H35N5O4. The molecule has 2 aliphatic rings. The summed E-state index contributed by atoms with van der Waals surface area (Å²) in [7, 11) is 3.70. The zero-order valence-corrected chi connectivity index (χ0v) is 20.7. The van der Waals surface area contributed by atoms with Crippen molar-refractivity contribution in [1.29, 1.82) is 0 Å². The summed E-state index contributed by atoms with van der Waals surface area (Å²) < 4.78 is 7.30. The smallest absolute Gasteiger partial charge is 0.410 e. The molecule has 2 aromatic rings. The van der Waals surface area contributed by atoms with E-state index < -0.39 is 11.5 Å². The third-order valence-electron chi connectivity index (χ3n) is 6.75. The van der Waals surface area contributed by atoms with Crippen LogP contribution < -0.4 is 10.6 Å². The molecule has 184 valence electrons. The molecule has 9 nitrogen and oxygen atoms in total. The summed E-state index contributed by atoms with van der Waals surface area (Å²) in [6.45, 7) is 5.64. The molecule has 4 rings (SSSR count). The van der Waals surface area contributed by atoms with Gasteiger partial charge in [0.2, 0.25) is 11.8 Å². The topological polar surface area (TPSA) is 106 Å². The van der Waals surface area contributed by atoms with E-state index in [-0.39, 0.29) is 23.9 Å². The van der Waals surface area contributed by atoms with Crippen LogP contribution >= 0.6 is 0 Å². The average Bonchev–Trinajstić information content (AvgIpc) is 3.08. The van der Waals surface area contributed by atoms with Gasteiger partial charge in [-0.3, -0.25) is 19.6 Å². The van der Waals surface area contributed by atoms with Crippen molar-refractivity contribution in [2.45, 2.75) is 82.9 Å². The van der Waals surface area contributed by atoms with Crippen LogP contribution in [-0.4, -0.2) is 57.3 Å². The Morgan fingerprint density at radius 2 is 1.88 bits per heavy atom. The lowest BCUT2D eigenvalue weighted by molar-refractivity contribution is -0.134. The van der Waals surface area contributed by atoms with E-state index in [9.17, 15) is 14.4 Å². The summed E-state index contributed by atoms with van der Waals surface area (Å²) in [6, 6.07) is 6.60. The Balaban J connectivity index is 1.39. The summed E-state index contributed by atoms with van der Waals surface area (Å²) in [5, 5.41) is 11.6. The van der Waals surface area contributed by atoms with Gasteiger partial charge in [-0.15, -0.1) is 0 Å². The largest absolute Gasteiger partial charge is 0.444 e. The van der Waals surface area contributed by atoms with Gasteiger partial charge in [0.25, 0.3) is 0 Å². The first-order chi connectivity index (χ1) is 16.0. The number of anilines is 1. The fourth-order valence-electron chi connectivity index (χ4n) is 4.91. The second-order valence-corrected chi connectivity index (χ2v) is 10.5. The Hall–Kier alpha value is -3.10. The molecule has 1 unspecified atom stereocenters. The fourth-order valence-corrected chi connectivity index (χ4v) is 4.91. The summed E-state index contributed by atoms with van der Waals surface area (Å²) in [4.78, 5) is 38.0. The van der Waals surface area contributed by atoms with E-state index in [4.69, 9.17) is 4.74 Å². The molecule has 2 fully saturated rings. The maximum Gasteiger partial charge on any atom is 0.410 e. The van der Waals surface area contributed by atoms with Crippen LogP contribution in [0.5, 0.6) is 0 Å². The van der Waals surface area contributed by atoms with Crippen molar-refractivity contribution in [1.82, 2.24) is 20.0 Å². The van der Waals surface area contributed by atoms with Crippen LogP contribution in [0.4, 0.5) is 10.5 Å². The molecule has 34 heavy (non-hydrogen) atoms. The summed E-state index contributed by atoms with van der Waals surface area (Å²) in [5.74, 6) is -0.899. The third kappa shape index (κ3) is 5.18. The standard InChI is InChI=1S/C25H35N5O4/c1-25(2,3)34-24(33)29(4)17-9-6-15(7-10-17)26-16-8-11-18-20(14-16)30(5)28-22(18)19-12-13-21(31)27-23(19)32/h8,11,14-15,17,19,26H,6-7,9-10,12-13H2,1-5H3,(H,27,31,32)/t15-,17+,19?. The number of aromatic nitrogens is 2. The number of carbonyl (C=O) groups is 3. The number of aryl methyl sites for hydroxylation is 1. The number of imide groups is 1. The quantitative estimate of drug-likeness (QED) is 0.662. The minimum absolute atomic E-state index is 0.184. The highest BCUT2D eigenvalue weighted by Gasteiger charge is 2.32. The van der Waals surface area contributed by atoms with Gasteiger partial charge in [0.1, 0.15) is 5.60 Å². The summed E-state index contributed by atoms with van der Waals surface area (Å²) in [6.07, 6.45) is 4.31. The molecule has 1 atom stereocenters. The lowest BCUT2D eigenvalue weighted by Gasteiger charge is -2.36. The Labute approximate surface area is 200 Å². The van der Waals surface area contributed by atoms with E-state index in [1.807, 2.05) is 47.0 Å². The number of rotatable bonds is 4. The van der Waals surface area contributed by atoms with Crippen molar-refractivity contribution in [3.8, 4) is 0 Å². The molecule has 9 heteroatoms. The number of amides is 3. The minimum atomic E-state index is -0.493. The Bertz CT molecular complexity index is 1090. The van der Waals surface area contributed by atoms with E-state index in [1.54, 1.807) is 9.58 Å². The van der Waals surface area contributed by atoms with Crippen LogP contribution in [0, 0.1) is 0 Å². The maximum atomic E-state index is 12.4. The van der Waals surface area contributed by atoms with Gasteiger partial charge in [-0.25, -0.2) is 4.79 Å². The van der Waals surface area contributed by atoms with Gasteiger partial charge >= 0.3 is 6.09 Å². The number of piperidine rings is 1. The molecule has 1 saturated carbocycles. The van der Waals surface area contributed by atoms with Crippen molar-refractivity contribution in [3.63, 3.8) is 0 Å². The first-order valence-corrected chi connectivity index (χ1v) is 12.0. The minimum Gasteiger partial charge on any atom is -0.444 e. The summed E-state index contributed by atoms with van der Waals surface area (Å²) >= 11 is 0. The van der Waals surface area contributed by atoms with Crippen LogP contribution in [0.1, 0.15) is 70.9 Å². The van der Waals surface area contributed by atoms with Gasteiger partial charge in [-0.05, 0) is 71.1 Å². The molecule has 0 radical (unpaired) electrons. The van der Waals surface area contributed by atoms with Crippen molar-refractivity contribution >= 4 is 34.5 Å². The van der Waals surface area contributed by atoms with Gasteiger partial charge < -0.3 is 15.0 Å². The number of hydrogen-bond donors (Lipinski definition) is 2. The zero-order chi connectivity index (χ0) is 24.6. The summed E-state index contributed by atoms with van der Waals surface area (Å²) in [5.41, 5.74) is 2.18. The molecule has 1 aliphatic carbocycles. The van der Waals surface area contributed by atoms with Gasteiger partial charge in [0.05, 0.1) is 17.1 Å². The van der Waals surface area contributed by atoms with Crippen LogP contribution in [0.2, 0.25) is 0 Å². The van der Waals surface area contributed by atoms with E-state index in [0.717, 1.165) is 48.0 Å². The van der Waals surface area contributed by atoms with E-state index in [1.165, 1.54) is 0 Å².